The summed E-state index contributed by atoms with van der Waals surface area (Å²) < 4.78 is 0. The monoisotopic (exact) mass is 334 g/mol. The molecule has 1 aliphatic heterocycles. The van der Waals surface area contributed by atoms with Gasteiger partial charge in [0.1, 0.15) is 11.5 Å². The van der Waals surface area contributed by atoms with Crippen molar-refractivity contribution >= 4 is 11.7 Å². The third-order valence-corrected chi connectivity index (χ3v) is 4.18. The van der Waals surface area contributed by atoms with Gasteiger partial charge in [-0.05, 0) is 18.4 Å². The first-order valence-electron chi connectivity index (χ1n) is 8.27. The van der Waals surface area contributed by atoms with Crippen molar-refractivity contribution in [2.24, 2.45) is 0 Å². The largest absolute Gasteiger partial charge is 0.369 e. The molecule has 3 N–H and O–H groups in total. The van der Waals surface area contributed by atoms with E-state index in [-0.39, 0.29) is 5.91 Å². The molecular weight excluding hydrogens is 316 g/mol. The number of nitrogens with zero attached hydrogens (tertiary/aromatic N) is 3. The maximum atomic E-state index is 12.2. The summed E-state index contributed by atoms with van der Waals surface area (Å²) in [6.07, 6.45) is 5.23. The maximum Gasteiger partial charge on any atom is 0.270 e. The van der Waals surface area contributed by atoms with Crippen LogP contribution in [0.25, 0.3) is 11.4 Å². The number of hydrogen-bond acceptors (Lipinski definition) is 5. The number of carbonyl (C=O) groups is 1. The summed E-state index contributed by atoms with van der Waals surface area (Å²) in [5.74, 6) is 1.16. The second-order valence-electron chi connectivity index (χ2n) is 5.88. The molecule has 126 valence electrons. The molecule has 4 rings (SSSR count). The first-order chi connectivity index (χ1) is 12.3. The van der Waals surface area contributed by atoms with E-state index < -0.39 is 0 Å². The van der Waals surface area contributed by atoms with Gasteiger partial charge in [0.15, 0.2) is 5.82 Å². The van der Waals surface area contributed by atoms with E-state index in [4.69, 9.17) is 0 Å². The number of nitrogens with one attached hydrogen (secondary N) is 3. The Morgan fingerprint density at radius 1 is 1.16 bits per heavy atom. The highest BCUT2D eigenvalue weighted by molar-refractivity contribution is 5.96. The Kier molecular flexibility index (Phi) is 4.12. The smallest absolute Gasteiger partial charge is 0.270 e. The lowest BCUT2D eigenvalue weighted by Gasteiger charge is -2.20. The first-order valence-corrected chi connectivity index (χ1v) is 8.27. The highest BCUT2D eigenvalue weighted by Crippen LogP contribution is 2.24. The van der Waals surface area contributed by atoms with Crippen LogP contribution in [0.5, 0.6) is 0 Å². The standard InChI is InChI=1S/C18H18N6O/c25-18-15-14(7-9-20-18)17(19-8-6-12-10-21-22-11-12)24-16(23-15)13-4-2-1-3-5-13/h1-5,10-11H,6-9H2,(H,20,25)(H,21,22)(H,19,23,24). The predicted molar refractivity (Wildman–Crippen MR) is 94.3 cm³/mol. The van der Waals surface area contributed by atoms with Gasteiger partial charge in [-0.15, -0.1) is 0 Å². The molecule has 0 saturated heterocycles. The molecule has 1 aliphatic rings. The van der Waals surface area contributed by atoms with Gasteiger partial charge < -0.3 is 10.6 Å². The van der Waals surface area contributed by atoms with E-state index in [1.165, 1.54) is 0 Å². The molecule has 25 heavy (non-hydrogen) atoms. The van der Waals surface area contributed by atoms with Crippen molar-refractivity contribution in [2.45, 2.75) is 12.8 Å². The molecule has 0 radical (unpaired) electrons. The Labute approximate surface area is 144 Å². The number of rotatable bonds is 5. The van der Waals surface area contributed by atoms with Crippen LogP contribution in [0.2, 0.25) is 0 Å². The zero-order valence-electron chi connectivity index (χ0n) is 13.6. The molecule has 2 aromatic heterocycles. The van der Waals surface area contributed by atoms with E-state index in [9.17, 15) is 4.79 Å². The number of benzene rings is 1. The molecule has 0 fully saturated rings. The minimum atomic E-state index is -0.140. The Bertz CT molecular complexity index is 876. The Morgan fingerprint density at radius 2 is 2.04 bits per heavy atom. The number of aromatic amines is 1. The van der Waals surface area contributed by atoms with Crippen LogP contribution >= 0.6 is 0 Å². The molecule has 0 saturated carbocycles. The van der Waals surface area contributed by atoms with Crippen LogP contribution in [-0.2, 0) is 12.8 Å². The van der Waals surface area contributed by atoms with Gasteiger partial charge in [-0.3, -0.25) is 9.89 Å². The van der Waals surface area contributed by atoms with Gasteiger partial charge in [0, 0.05) is 30.4 Å². The molecule has 0 atom stereocenters. The highest BCUT2D eigenvalue weighted by Gasteiger charge is 2.23. The third-order valence-electron chi connectivity index (χ3n) is 4.18. The summed E-state index contributed by atoms with van der Waals surface area (Å²) >= 11 is 0. The van der Waals surface area contributed by atoms with Crippen molar-refractivity contribution in [3.8, 4) is 11.4 Å². The summed E-state index contributed by atoms with van der Waals surface area (Å²) in [5.41, 5.74) is 3.36. The van der Waals surface area contributed by atoms with Gasteiger partial charge in [0.2, 0.25) is 0 Å². The number of carbonyl (C=O) groups excluding carboxylic acids is 1. The average molecular weight is 334 g/mol. The normalized spacial score (nSPS) is 13.2. The maximum absolute atomic E-state index is 12.2. The zero-order valence-corrected chi connectivity index (χ0v) is 13.6. The van der Waals surface area contributed by atoms with E-state index in [0.29, 0.717) is 24.6 Å². The van der Waals surface area contributed by atoms with Gasteiger partial charge >= 0.3 is 0 Å². The number of fused-ring (bicyclic) bond motifs is 1. The van der Waals surface area contributed by atoms with Crippen LogP contribution in [0.3, 0.4) is 0 Å². The molecule has 0 spiro atoms. The third kappa shape index (κ3) is 3.21. The highest BCUT2D eigenvalue weighted by atomic mass is 16.1. The minimum absolute atomic E-state index is 0.140. The first kappa shape index (κ1) is 15.3. The zero-order chi connectivity index (χ0) is 17.1. The van der Waals surface area contributed by atoms with Crippen LogP contribution in [0.1, 0.15) is 21.6 Å². The molecule has 3 aromatic rings. The van der Waals surface area contributed by atoms with E-state index in [1.807, 2.05) is 36.5 Å². The average Bonchev–Trinajstić information content (AvgIpc) is 3.16. The van der Waals surface area contributed by atoms with Crippen LogP contribution < -0.4 is 10.6 Å². The fourth-order valence-corrected chi connectivity index (χ4v) is 2.90. The minimum Gasteiger partial charge on any atom is -0.369 e. The topological polar surface area (TPSA) is 95.6 Å². The number of hydrogen-bond donors (Lipinski definition) is 3. The quantitative estimate of drug-likeness (QED) is 0.661. The van der Waals surface area contributed by atoms with Crippen molar-refractivity contribution in [1.29, 1.82) is 0 Å². The lowest BCUT2D eigenvalue weighted by Crippen LogP contribution is -2.34. The summed E-state index contributed by atoms with van der Waals surface area (Å²) in [6, 6.07) is 9.70. The van der Waals surface area contributed by atoms with E-state index in [1.54, 1.807) is 6.20 Å². The van der Waals surface area contributed by atoms with E-state index in [0.717, 1.165) is 35.3 Å². The lowest BCUT2D eigenvalue weighted by atomic mass is 10.1. The van der Waals surface area contributed by atoms with Gasteiger partial charge in [0.25, 0.3) is 5.91 Å². The van der Waals surface area contributed by atoms with E-state index in [2.05, 4.69) is 30.8 Å². The van der Waals surface area contributed by atoms with Crippen molar-refractivity contribution in [2.75, 3.05) is 18.4 Å². The van der Waals surface area contributed by atoms with Gasteiger partial charge in [-0.25, -0.2) is 9.97 Å². The number of H-pyrrole nitrogens is 1. The molecule has 7 nitrogen and oxygen atoms in total. The Morgan fingerprint density at radius 3 is 2.84 bits per heavy atom. The molecule has 1 aromatic carbocycles. The summed E-state index contributed by atoms with van der Waals surface area (Å²) in [4.78, 5) is 21.4. The van der Waals surface area contributed by atoms with Crippen LogP contribution in [0.4, 0.5) is 5.82 Å². The molecule has 0 bridgehead atoms. The second-order valence-corrected chi connectivity index (χ2v) is 5.88. The molecular formula is C18H18N6O. The molecule has 0 unspecified atom stereocenters. The Balaban J connectivity index is 1.66. The lowest BCUT2D eigenvalue weighted by molar-refractivity contribution is 0.0940. The van der Waals surface area contributed by atoms with Crippen molar-refractivity contribution in [3.63, 3.8) is 0 Å². The number of amides is 1. The fraction of sp³-hybridized carbons (Fsp3) is 0.222. The fourth-order valence-electron chi connectivity index (χ4n) is 2.90. The predicted octanol–water partition coefficient (Wildman–Crippen LogP) is 1.81. The van der Waals surface area contributed by atoms with Gasteiger partial charge in [0.05, 0.1) is 6.20 Å². The summed E-state index contributed by atoms with van der Waals surface area (Å²) in [7, 11) is 0. The SMILES string of the molecule is O=C1NCCc2c(NCCc3cn[nH]c3)nc(-c3ccccc3)nc21. The van der Waals surface area contributed by atoms with Crippen LogP contribution in [0, 0.1) is 0 Å². The molecule has 3 heterocycles. The molecule has 0 aliphatic carbocycles. The van der Waals surface area contributed by atoms with Gasteiger partial charge in [-0.2, -0.15) is 5.10 Å². The molecule has 1 amide bonds. The Hall–Kier alpha value is -3.22. The van der Waals surface area contributed by atoms with Gasteiger partial charge in [-0.1, -0.05) is 30.3 Å². The van der Waals surface area contributed by atoms with Crippen molar-refractivity contribution < 1.29 is 4.79 Å². The summed E-state index contributed by atoms with van der Waals surface area (Å²) in [5, 5.41) is 13.0. The second kappa shape index (κ2) is 6.72. The number of aromatic nitrogens is 4. The molecule has 7 heteroatoms. The van der Waals surface area contributed by atoms with Crippen LogP contribution in [-0.4, -0.2) is 39.2 Å². The van der Waals surface area contributed by atoms with Crippen molar-refractivity contribution in [3.05, 3.63) is 59.5 Å². The number of anilines is 1. The van der Waals surface area contributed by atoms with Crippen LogP contribution in [0.15, 0.2) is 42.7 Å². The van der Waals surface area contributed by atoms with E-state index >= 15 is 0 Å². The summed E-state index contributed by atoms with van der Waals surface area (Å²) in [6.45, 7) is 1.31. The van der Waals surface area contributed by atoms with Crippen molar-refractivity contribution in [1.82, 2.24) is 25.5 Å².